The molecule has 0 atom stereocenters. The molecule has 2 amide bonds. The van der Waals surface area contributed by atoms with Crippen LogP contribution in [0, 0.1) is 0 Å². The molecule has 0 bridgehead atoms. The molecule has 0 aliphatic carbocycles. The molecule has 0 aliphatic heterocycles. The van der Waals surface area contributed by atoms with Crippen LogP contribution in [0.2, 0.25) is 0 Å². The highest BCUT2D eigenvalue weighted by molar-refractivity contribution is 7.14. The van der Waals surface area contributed by atoms with Crippen LogP contribution in [0.3, 0.4) is 0 Å². The van der Waals surface area contributed by atoms with Gasteiger partial charge in [0.2, 0.25) is 0 Å². The largest absolute Gasteiger partial charge is 0.483 e. The maximum atomic E-state index is 12.4. The van der Waals surface area contributed by atoms with Gasteiger partial charge in [-0.05, 0) is 23.3 Å². The molecule has 0 saturated carbocycles. The molecule has 2 aromatic carbocycles. The Kier molecular flexibility index (Phi) is 6.09. The second kappa shape index (κ2) is 9.27. The van der Waals surface area contributed by atoms with Crippen molar-refractivity contribution in [1.29, 1.82) is 0 Å². The number of rotatable bonds is 8. The van der Waals surface area contributed by atoms with Crippen molar-refractivity contribution in [1.82, 2.24) is 9.97 Å². The Morgan fingerprint density at radius 2 is 1.87 bits per heavy atom. The van der Waals surface area contributed by atoms with E-state index < -0.39 is 5.91 Å². The smallest absolute Gasteiger partial charge is 0.265 e. The Labute approximate surface area is 182 Å². The topological polar surface area (TPSA) is 110 Å². The van der Waals surface area contributed by atoms with E-state index >= 15 is 0 Å². The zero-order valence-corrected chi connectivity index (χ0v) is 17.3. The number of primary amides is 1. The fraction of sp³-hybridized carbons (Fsp3) is 0.0870. The first-order valence-corrected chi connectivity index (χ1v) is 10.4. The fourth-order valence-electron chi connectivity index (χ4n) is 3.05. The van der Waals surface area contributed by atoms with Crippen molar-refractivity contribution in [2.45, 2.75) is 6.42 Å². The van der Waals surface area contributed by atoms with Gasteiger partial charge in [0.1, 0.15) is 11.4 Å². The predicted octanol–water partition coefficient (Wildman–Crippen LogP) is 3.85. The number of ether oxygens (including phenoxy) is 1. The molecule has 0 aliphatic rings. The maximum absolute atomic E-state index is 12.4. The molecule has 31 heavy (non-hydrogen) atoms. The molecule has 4 aromatic rings. The average Bonchev–Trinajstić information content (AvgIpc) is 3.44. The molecule has 4 rings (SSSR count). The maximum Gasteiger partial charge on any atom is 0.265 e. The van der Waals surface area contributed by atoms with Crippen molar-refractivity contribution in [2.75, 3.05) is 11.9 Å². The van der Waals surface area contributed by atoms with Crippen molar-refractivity contribution in [3.8, 4) is 17.0 Å². The first-order valence-electron chi connectivity index (χ1n) is 9.57. The summed E-state index contributed by atoms with van der Waals surface area (Å²) in [5, 5.41) is 4.98. The van der Waals surface area contributed by atoms with Crippen molar-refractivity contribution in [2.24, 2.45) is 5.73 Å². The highest BCUT2D eigenvalue weighted by atomic mass is 32.1. The third kappa shape index (κ3) is 5.18. The Morgan fingerprint density at radius 1 is 1.10 bits per heavy atom. The summed E-state index contributed by atoms with van der Waals surface area (Å²) >= 11 is 1.29. The molecule has 0 unspecified atom stereocenters. The molecule has 7 nitrogen and oxygen atoms in total. The van der Waals surface area contributed by atoms with E-state index in [9.17, 15) is 9.59 Å². The predicted molar refractivity (Wildman–Crippen MR) is 120 cm³/mol. The molecule has 0 radical (unpaired) electrons. The number of H-pyrrole nitrogens is 1. The molecule has 156 valence electrons. The number of thiazole rings is 1. The van der Waals surface area contributed by atoms with E-state index in [0.717, 1.165) is 17.5 Å². The number of amides is 2. The standard InChI is InChI=1S/C23H20N4O3S/c24-22(29)18-11-17(12-25-18)19-14-31-23(26-19)27-21(28)13-30-20-9-5-4-8-16(20)10-15-6-2-1-3-7-15/h1-9,11-12,14,25H,10,13H2,(H2,24,29)(H,26,27,28). The van der Waals surface area contributed by atoms with Crippen LogP contribution >= 0.6 is 11.3 Å². The number of nitrogens with two attached hydrogens (primary N) is 1. The number of para-hydroxylation sites is 1. The third-order valence-corrected chi connectivity index (χ3v) is 5.32. The number of hydrogen-bond donors (Lipinski definition) is 3. The van der Waals surface area contributed by atoms with Crippen molar-refractivity contribution in [3.05, 3.63) is 89.1 Å². The fourth-order valence-corrected chi connectivity index (χ4v) is 3.79. The van der Waals surface area contributed by atoms with Crippen LogP contribution in [0.25, 0.3) is 11.3 Å². The van der Waals surface area contributed by atoms with Crippen molar-refractivity contribution in [3.63, 3.8) is 0 Å². The summed E-state index contributed by atoms with van der Waals surface area (Å²) < 4.78 is 5.77. The Bertz CT molecular complexity index is 1200. The lowest BCUT2D eigenvalue weighted by atomic mass is 10.0. The number of nitrogens with zero attached hydrogens (tertiary/aromatic N) is 1. The summed E-state index contributed by atoms with van der Waals surface area (Å²) in [6.45, 7) is -0.128. The van der Waals surface area contributed by atoms with Crippen LogP contribution in [0.1, 0.15) is 21.6 Å². The quantitative estimate of drug-likeness (QED) is 0.393. The van der Waals surface area contributed by atoms with Gasteiger partial charge in [0.25, 0.3) is 11.8 Å². The Balaban J connectivity index is 1.36. The van der Waals surface area contributed by atoms with E-state index in [0.29, 0.717) is 22.3 Å². The van der Waals surface area contributed by atoms with Crippen LogP contribution in [0.4, 0.5) is 5.13 Å². The lowest BCUT2D eigenvalue weighted by Crippen LogP contribution is -2.20. The molecule has 0 spiro atoms. The lowest BCUT2D eigenvalue weighted by molar-refractivity contribution is -0.118. The molecular formula is C23H20N4O3S. The average molecular weight is 433 g/mol. The minimum atomic E-state index is -0.542. The molecule has 2 heterocycles. The minimum absolute atomic E-state index is 0.128. The second-order valence-corrected chi connectivity index (χ2v) is 7.67. The monoisotopic (exact) mass is 432 g/mol. The Morgan fingerprint density at radius 3 is 2.65 bits per heavy atom. The van der Waals surface area contributed by atoms with Gasteiger partial charge in [-0.15, -0.1) is 11.3 Å². The molecule has 0 saturated heterocycles. The third-order valence-electron chi connectivity index (χ3n) is 4.56. The van der Waals surface area contributed by atoms with E-state index in [1.54, 1.807) is 17.6 Å². The molecule has 4 N–H and O–H groups in total. The summed E-state index contributed by atoms with van der Waals surface area (Å²) in [7, 11) is 0. The van der Waals surface area contributed by atoms with Gasteiger partial charge in [0.05, 0.1) is 5.69 Å². The van der Waals surface area contributed by atoms with Crippen LogP contribution in [0.5, 0.6) is 5.75 Å². The van der Waals surface area contributed by atoms with E-state index in [4.69, 9.17) is 10.5 Å². The van der Waals surface area contributed by atoms with Gasteiger partial charge >= 0.3 is 0 Å². The van der Waals surface area contributed by atoms with Crippen LogP contribution < -0.4 is 15.8 Å². The summed E-state index contributed by atoms with van der Waals surface area (Å²) in [6, 6.07) is 19.4. The minimum Gasteiger partial charge on any atom is -0.483 e. The molecular weight excluding hydrogens is 412 g/mol. The first-order chi connectivity index (χ1) is 15.1. The second-order valence-electron chi connectivity index (χ2n) is 6.81. The number of anilines is 1. The Hall–Kier alpha value is -3.91. The molecule has 2 aromatic heterocycles. The summed E-state index contributed by atoms with van der Waals surface area (Å²) in [5.74, 6) is -0.172. The first kappa shape index (κ1) is 20.4. The highest BCUT2D eigenvalue weighted by Crippen LogP contribution is 2.26. The van der Waals surface area contributed by atoms with Crippen molar-refractivity contribution >= 4 is 28.3 Å². The normalized spacial score (nSPS) is 10.6. The number of carbonyl (C=O) groups is 2. The number of nitrogens with one attached hydrogen (secondary N) is 2. The van der Waals surface area contributed by atoms with Gasteiger partial charge < -0.3 is 15.5 Å². The summed E-state index contributed by atoms with van der Waals surface area (Å²) in [6.07, 6.45) is 2.37. The molecule has 8 heteroatoms. The van der Waals surface area contributed by atoms with Gasteiger partial charge in [-0.2, -0.15) is 0 Å². The lowest BCUT2D eigenvalue weighted by Gasteiger charge is -2.11. The number of hydrogen-bond acceptors (Lipinski definition) is 5. The van der Waals surface area contributed by atoms with Gasteiger partial charge in [-0.25, -0.2) is 4.98 Å². The van der Waals surface area contributed by atoms with Gasteiger partial charge in [0.15, 0.2) is 11.7 Å². The van der Waals surface area contributed by atoms with E-state index in [1.807, 2.05) is 42.5 Å². The molecule has 0 fully saturated rings. The number of benzene rings is 2. The van der Waals surface area contributed by atoms with Crippen LogP contribution in [-0.4, -0.2) is 28.4 Å². The van der Waals surface area contributed by atoms with Gasteiger partial charge in [0, 0.05) is 23.6 Å². The van der Waals surface area contributed by atoms with Gasteiger partial charge in [-0.1, -0.05) is 48.5 Å². The summed E-state index contributed by atoms with van der Waals surface area (Å²) in [5.41, 5.74) is 9.09. The van der Waals surface area contributed by atoms with Crippen molar-refractivity contribution < 1.29 is 14.3 Å². The highest BCUT2D eigenvalue weighted by Gasteiger charge is 2.12. The summed E-state index contributed by atoms with van der Waals surface area (Å²) in [4.78, 5) is 30.7. The number of aromatic nitrogens is 2. The zero-order valence-electron chi connectivity index (χ0n) is 16.5. The van der Waals surface area contributed by atoms with E-state index in [-0.39, 0.29) is 12.5 Å². The van der Waals surface area contributed by atoms with E-state index in [1.165, 1.54) is 16.9 Å². The number of carbonyl (C=O) groups excluding carboxylic acids is 2. The van der Waals surface area contributed by atoms with E-state index in [2.05, 4.69) is 27.4 Å². The van der Waals surface area contributed by atoms with Crippen LogP contribution in [-0.2, 0) is 11.2 Å². The van der Waals surface area contributed by atoms with Gasteiger partial charge in [-0.3, -0.25) is 14.9 Å². The van der Waals surface area contributed by atoms with Crippen LogP contribution in [0.15, 0.2) is 72.2 Å². The number of aromatic amines is 1. The SMILES string of the molecule is NC(=O)c1cc(-c2csc(NC(=O)COc3ccccc3Cc3ccccc3)n2)c[nH]1. The zero-order chi connectivity index (χ0) is 21.6.